The summed E-state index contributed by atoms with van der Waals surface area (Å²) in [6, 6.07) is 17.0. The Kier molecular flexibility index (Phi) is 4.83. The van der Waals surface area contributed by atoms with Crippen molar-refractivity contribution >= 4 is 34.6 Å². The first-order chi connectivity index (χ1) is 13.5. The van der Waals surface area contributed by atoms with Crippen LogP contribution in [0.5, 0.6) is 0 Å². The summed E-state index contributed by atoms with van der Waals surface area (Å²) in [7, 11) is 0. The highest BCUT2D eigenvalue weighted by molar-refractivity contribution is 7.80. The Morgan fingerprint density at radius 1 is 1.18 bits per heavy atom. The summed E-state index contributed by atoms with van der Waals surface area (Å²) in [6.07, 6.45) is 1.77. The first kappa shape index (κ1) is 18.2. The normalized spacial score (nSPS) is 18.8. The number of anilines is 2. The molecule has 1 aromatic carbocycles. The minimum atomic E-state index is -0.178. The number of nitrogens with one attached hydrogen (secondary N) is 2. The Labute approximate surface area is 168 Å². The number of carbonyl (C=O) groups excluding carboxylic acids is 1. The lowest BCUT2D eigenvalue weighted by Gasteiger charge is -2.26. The summed E-state index contributed by atoms with van der Waals surface area (Å²) in [5, 5.41) is 6.77. The molecule has 0 saturated carbocycles. The monoisotopic (exact) mass is 392 g/mol. The summed E-state index contributed by atoms with van der Waals surface area (Å²) >= 11 is 5.66. The van der Waals surface area contributed by atoms with Crippen LogP contribution in [-0.2, 0) is 4.79 Å². The van der Waals surface area contributed by atoms with Gasteiger partial charge in [0.25, 0.3) is 0 Å². The van der Waals surface area contributed by atoms with Crippen molar-refractivity contribution < 1.29 is 9.21 Å². The Balaban J connectivity index is 1.74. The number of benzene rings is 1. The van der Waals surface area contributed by atoms with Crippen LogP contribution in [-0.4, -0.2) is 16.0 Å². The summed E-state index contributed by atoms with van der Waals surface area (Å²) in [6.45, 7) is 3.41. The van der Waals surface area contributed by atoms with Crippen LogP contribution in [0.3, 0.4) is 0 Å². The number of pyridine rings is 1. The number of furan rings is 1. The van der Waals surface area contributed by atoms with Gasteiger partial charge in [0.2, 0.25) is 5.91 Å². The van der Waals surface area contributed by atoms with E-state index in [2.05, 4.69) is 15.6 Å². The molecule has 2 N–H and O–H groups in total. The Hall–Kier alpha value is -3.19. The third kappa shape index (κ3) is 3.48. The molecule has 1 saturated heterocycles. The molecule has 4 rings (SSSR count). The van der Waals surface area contributed by atoms with E-state index in [0.29, 0.717) is 5.11 Å². The minimum Gasteiger partial charge on any atom is -0.464 e. The van der Waals surface area contributed by atoms with Gasteiger partial charge in [-0.05, 0) is 67.7 Å². The smallest absolute Gasteiger partial charge is 0.221 e. The molecule has 0 spiro atoms. The largest absolute Gasteiger partial charge is 0.464 e. The predicted molar refractivity (Wildman–Crippen MR) is 112 cm³/mol. The van der Waals surface area contributed by atoms with E-state index in [1.165, 1.54) is 6.92 Å². The maximum absolute atomic E-state index is 11.3. The van der Waals surface area contributed by atoms with Gasteiger partial charge in [0.05, 0.1) is 11.7 Å². The SMILES string of the molecule is CC(=O)Nc1ccc(N2C(=S)NC(c3ccccn3)C2c2ccc(C)o2)cc1. The van der Waals surface area contributed by atoms with Gasteiger partial charge in [0.15, 0.2) is 5.11 Å². The number of aromatic nitrogens is 1. The standard InChI is InChI=1S/C21H20N4O2S/c1-13-6-11-18(27-13)20-19(17-5-3-4-12-22-17)24-21(28)25(20)16-9-7-15(8-10-16)23-14(2)26/h3-12,19-20H,1-2H3,(H,23,26)(H,24,28). The van der Waals surface area contributed by atoms with Crippen molar-refractivity contribution in [3.8, 4) is 0 Å². The highest BCUT2D eigenvalue weighted by Gasteiger charge is 2.42. The van der Waals surface area contributed by atoms with E-state index in [9.17, 15) is 4.79 Å². The second-order valence-corrected chi connectivity index (χ2v) is 7.06. The lowest BCUT2D eigenvalue weighted by Crippen LogP contribution is -2.29. The molecule has 2 aromatic heterocycles. The number of amides is 1. The lowest BCUT2D eigenvalue weighted by atomic mass is 10.0. The number of nitrogens with zero attached hydrogens (tertiary/aromatic N) is 2. The molecular weight excluding hydrogens is 372 g/mol. The molecular formula is C21H20N4O2S. The fraction of sp³-hybridized carbons (Fsp3) is 0.190. The van der Waals surface area contributed by atoms with Gasteiger partial charge in [-0.1, -0.05) is 6.07 Å². The molecule has 2 unspecified atom stereocenters. The molecule has 0 radical (unpaired) electrons. The maximum Gasteiger partial charge on any atom is 0.221 e. The zero-order valence-corrected chi connectivity index (χ0v) is 16.4. The van der Waals surface area contributed by atoms with Gasteiger partial charge in [-0.2, -0.15) is 0 Å². The topological polar surface area (TPSA) is 70.4 Å². The van der Waals surface area contributed by atoms with Crippen LogP contribution in [0, 0.1) is 6.92 Å². The molecule has 3 aromatic rings. The summed E-state index contributed by atoms with van der Waals surface area (Å²) in [5.74, 6) is 1.55. The Bertz CT molecular complexity index is 1000. The van der Waals surface area contributed by atoms with E-state index in [1.807, 2.05) is 66.4 Å². The van der Waals surface area contributed by atoms with Gasteiger partial charge in [-0.3, -0.25) is 9.78 Å². The lowest BCUT2D eigenvalue weighted by molar-refractivity contribution is -0.114. The first-order valence-electron chi connectivity index (χ1n) is 8.97. The van der Waals surface area contributed by atoms with Gasteiger partial charge in [0, 0.05) is 24.5 Å². The molecule has 1 aliphatic rings. The third-order valence-corrected chi connectivity index (χ3v) is 4.93. The van der Waals surface area contributed by atoms with Crippen molar-refractivity contribution in [1.82, 2.24) is 10.3 Å². The first-order valence-corrected chi connectivity index (χ1v) is 9.38. The van der Waals surface area contributed by atoms with Crippen molar-refractivity contribution in [2.45, 2.75) is 25.9 Å². The minimum absolute atomic E-state index is 0.106. The number of rotatable bonds is 4. The molecule has 142 valence electrons. The quantitative estimate of drug-likeness (QED) is 0.651. The van der Waals surface area contributed by atoms with E-state index in [4.69, 9.17) is 16.6 Å². The zero-order valence-electron chi connectivity index (χ0n) is 15.5. The average Bonchev–Trinajstić information content (AvgIpc) is 3.26. The van der Waals surface area contributed by atoms with Crippen LogP contribution < -0.4 is 15.5 Å². The highest BCUT2D eigenvalue weighted by atomic mass is 32.1. The third-order valence-electron chi connectivity index (χ3n) is 4.62. The van der Waals surface area contributed by atoms with E-state index in [-0.39, 0.29) is 18.0 Å². The van der Waals surface area contributed by atoms with E-state index in [1.54, 1.807) is 6.20 Å². The van der Waals surface area contributed by atoms with Crippen LogP contribution in [0.25, 0.3) is 0 Å². The average molecular weight is 392 g/mol. The van der Waals surface area contributed by atoms with Gasteiger partial charge in [-0.15, -0.1) is 0 Å². The number of hydrogen-bond donors (Lipinski definition) is 2. The van der Waals surface area contributed by atoms with Gasteiger partial charge in [0.1, 0.15) is 17.6 Å². The van der Waals surface area contributed by atoms with Crippen LogP contribution >= 0.6 is 12.2 Å². The number of aryl methyl sites for hydroxylation is 1. The van der Waals surface area contributed by atoms with Crippen molar-refractivity contribution in [2.75, 3.05) is 10.2 Å². The molecule has 1 amide bonds. The highest BCUT2D eigenvalue weighted by Crippen LogP contribution is 2.42. The van der Waals surface area contributed by atoms with Crippen molar-refractivity contribution in [2.24, 2.45) is 0 Å². The van der Waals surface area contributed by atoms with Crippen molar-refractivity contribution in [1.29, 1.82) is 0 Å². The van der Waals surface area contributed by atoms with Crippen molar-refractivity contribution in [3.05, 3.63) is 78.0 Å². The van der Waals surface area contributed by atoms with E-state index in [0.717, 1.165) is 28.6 Å². The molecule has 3 heterocycles. The predicted octanol–water partition coefficient (Wildman–Crippen LogP) is 4.12. The molecule has 1 fully saturated rings. The molecule has 1 aliphatic heterocycles. The van der Waals surface area contributed by atoms with Crippen LogP contribution in [0.4, 0.5) is 11.4 Å². The fourth-order valence-corrected chi connectivity index (χ4v) is 3.79. The maximum atomic E-state index is 11.3. The van der Waals surface area contributed by atoms with Crippen LogP contribution in [0.2, 0.25) is 0 Å². The summed E-state index contributed by atoms with van der Waals surface area (Å²) in [4.78, 5) is 17.8. The zero-order chi connectivity index (χ0) is 19.7. The van der Waals surface area contributed by atoms with Gasteiger partial charge >= 0.3 is 0 Å². The van der Waals surface area contributed by atoms with Crippen molar-refractivity contribution in [3.63, 3.8) is 0 Å². The Morgan fingerprint density at radius 3 is 2.57 bits per heavy atom. The number of carbonyl (C=O) groups is 1. The fourth-order valence-electron chi connectivity index (χ4n) is 3.44. The summed E-state index contributed by atoms with van der Waals surface area (Å²) < 4.78 is 5.97. The van der Waals surface area contributed by atoms with Gasteiger partial charge < -0.3 is 20.0 Å². The molecule has 0 bridgehead atoms. The summed E-state index contributed by atoms with van der Waals surface area (Å²) in [5.41, 5.74) is 2.53. The molecule has 2 atom stereocenters. The molecule has 28 heavy (non-hydrogen) atoms. The second-order valence-electron chi connectivity index (χ2n) is 6.67. The molecule has 0 aliphatic carbocycles. The van der Waals surface area contributed by atoms with Crippen LogP contribution in [0.15, 0.2) is 65.2 Å². The number of thiocarbonyl (C=S) groups is 1. The van der Waals surface area contributed by atoms with Crippen LogP contribution in [0.1, 0.15) is 36.2 Å². The van der Waals surface area contributed by atoms with E-state index < -0.39 is 0 Å². The molecule has 7 heteroatoms. The Morgan fingerprint density at radius 2 is 1.96 bits per heavy atom. The van der Waals surface area contributed by atoms with E-state index >= 15 is 0 Å². The second kappa shape index (κ2) is 7.44. The molecule has 6 nitrogen and oxygen atoms in total. The van der Waals surface area contributed by atoms with Gasteiger partial charge in [-0.25, -0.2) is 0 Å². The number of hydrogen-bond acceptors (Lipinski definition) is 4.